The number of hydrogen-bond donors (Lipinski definition) is 1. The molecule has 2 aromatic carbocycles. The Morgan fingerprint density at radius 3 is 2.69 bits per heavy atom. The minimum atomic E-state index is -0.244. The van der Waals surface area contributed by atoms with Crippen molar-refractivity contribution in [2.75, 3.05) is 21.0 Å². The first-order valence-electron chi connectivity index (χ1n) is 11.6. The zero-order chi connectivity index (χ0) is 24.8. The number of ether oxygens (including phenoxy) is 4. The van der Waals surface area contributed by atoms with Crippen molar-refractivity contribution in [3.05, 3.63) is 65.4 Å². The lowest BCUT2D eigenvalue weighted by Gasteiger charge is -2.22. The number of benzene rings is 2. The molecule has 1 aliphatic heterocycles. The molecule has 3 aromatic rings. The number of carbonyl (C=O) groups is 1. The summed E-state index contributed by atoms with van der Waals surface area (Å²) in [7, 11) is 3.28. The normalized spacial score (nSPS) is 13.1. The molecule has 1 N–H and O–H groups in total. The van der Waals surface area contributed by atoms with Gasteiger partial charge in [-0.15, -0.1) is 0 Å². The minimum Gasteiger partial charge on any atom is -0.497 e. The van der Waals surface area contributed by atoms with Gasteiger partial charge in [0.05, 0.1) is 20.8 Å². The van der Waals surface area contributed by atoms with Crippen molar-refractivity contribution in [2.45, 2.75) is 45.9 Å². The van der Waals surface area contributed by atoms with Gasteiger partial charge in [-0.1, -0.05) is 13.0 Å². The molecule has 9 heteroatoms. The van der Waals surface area contributed by atoms with E-state index in [1.165, 1.54) is 6.26 Å². The van der Waals surface area contributed by atoms with Crippen LogP contribution in [-0.2, 0) is 19.6 Å². The molecular weight excluding hydrogens is 450 g/mol. The molecule has 9 nitrogen and oxygen atoms in total. The SMILES string of the molecule is CCC(C)NC(=O)c1coc(CN(Cc2ccc3c(c2)OCO3)Cc2cc(OC)ccc2OC)n1. The lowest BCUT2D eigenvalue weighted by molar-refractivity contribution is 0.0934. The fraction of sp³-hybridized carbons (Fsp3) is 0.385. The van der Waals surface area contributed by atoms with E-state index in [4.69, 9.17) is 23.4 Å². The van der Waals surface area contributed by atoms with Crippen LogP contribution in [0.2, 0.25) is 0 Å². The summed E-state index contributed by atoms with van der Waals surface area (Å²) in [6.07, 6.45) is 2.24. The molecule has 0 spiro atoms. The number of methoxy groups -OCH3 is 2. The summed E-state index contributed by atoms with van der Waals surface area (Å²) >= 11 is 0. The topological polar surface area (TPSA) is 95.3 Å². The molecule has 1 unspecified atom stereocenters. The molecular formula is C26H31N3O6. The van der Waals surface area contributed by atoms with E-state index < -0.39 is 0 Å². The Morgan fingerprint density at radius 2 is 1.91 bits per heavy atom. The van der Waals surface area contributed by atoms with Gasteiger partial charge in [0.25, 0.3) is 5.91 Å². The maximum atomic E-state index is 12.5. The van der Waals surface area contributed by atoms with Crippen LogP contribution in [0.25, 0.3) is 0 Å². The summed E-state index contributed by atoms with van der Waals surface area (Å²) in [4.78, 5) is 19.0. The van der Waals surface area contributed by atoms with Crippen LogP contribution >= 0.6 is 0 Å². The van der Waals surface area contributed by atoms with Crippen molar-refractivity contribution in [2.24, 2.45) is 0 Å². The highest BCUT2D eigenvalue weighted by molar-refractivity contribution is 5.92. The number of nitrogens with one attached hydrogen (secondary N) is 1. The monoisotopic (exact) mass is 481 g/mol. The van der Waals surface area contributed by atoms with Gasteiger partial charge in [-0.25, -0.2) is 4.98 Å². The molecule has 0 saturated heterocycles. The predicted octanol–water partition coefficient (Wildman–Crippen LogP) is 4.15. The molecule has 2 heterocycles. The number of carbonyl (C=O) groups excluding carboxylic acids is 1. The second kappa shape index (κ2) is 11.1. The average molecular weight is 482 g/mol. The zero-order valence-electron chi connectivity index (χ0n) is 20.5. The van der Waals surface area contributed by atoms with Gasteiger partial charge < -0.3 is 28.7 Å². The van der Waals surface area contributed by atoms with Crippen LogP contribution in [0.3, 0.4) is 0 Å². The molecule has 35 heavy (non-hydrogen) atoms. The van der Waals surface area contributed by atoms with Crippen molar-refractivity contribution >= 4 is 5.91 Å². The number of amides is 1. The van der Waals surface area contributed by atoms with Gasteiger partial charge in [-0.3, -0.25) is 9.69 Å². The highest BCUT2D eigenvalue weighted by Crippen LogP contribution is 2.33. The molecule has 4 rings (SSSR count). The van der Waals surface area contributed by atoms with E-state index in [0.29, 0.717) is 25.5 Å². The lowest BCUT2D eigenvalue weighted by atomic mass is 10.1. The van der Waals surface area contributed by atoms with Crippen LogP contribution in [0, 0.1) is 0 Å². The van der Waals surface area contributed by atoms with Crippen LogP contribution in [0.15, 0.2) is 47.1 Å². The van der Waals surface area contributed by atoms with Gasteiger partial charge in [0.15, 0.2) is 17.2 Å². The quantitative estimate of drug-likeness (QED) is 0.436. The van der Waals surface area contributed by atoms with E-state index in [-0.39, 0.29) is 24.4 Å². The Kier molecular flexibility index (Phi) is 7.77. The average Bonchev–Trinajstić information content (AvgIpc) is 3.53. The minimum absolute atomic E-state index is 0.0608. The van der Waals surface area contributed by atoms with Crippen LogP contribution < -0.4 is 24.3 Å². The standard InChI is InChI=1S/C26H31N3O6/c1-5-17(2)27-26(30)21-15-33-25(28-21)14-29(12-18-6-8-23-24(10-18)35-16-34-23)13-19-11-20(31-3)7-9-22(19)32-4/h6-11,15,17H,5,12-14,16H2,1-4H3,(H,27,30). The zero-order valence-corrected chi connectivity index (χ0v) is 20.5. The van der Waals surface area contributed by atoms with Crippen molar-refractivity contribution in [1.29, 1.82) is 0 Å². The van der Waals surface area contributed by atoms with Gasteiger partial charge >= 0.3 is 0 Å². The molecule has 1 atom stereocenters. The van der Waals surface area contributed by atoms with Crippen molar-refractivity contribution in [3.63, 3.8) is 0 Å². The van der Waals surface area contributed by atoms with Crippen LogP contribution in [0.5, 0.6) is 23.0 Å². The second-order valence-corrected chi connectivity index (χ2v) is 8.42. The van der Waals surface area contributed by atoms with Gasteiger partial charge in [0.2, 0.25) is 12.7 Å². The van der Waals surface area contributed by atoms with E-state index in [1.54, 1.807) is 14.2 Å². The molecule has 1 aliphatic rings. The Morgan fingerprint density at radius 1 is 1.09 bits per heavy atom. The maximum absolute atomic E-state index is 12.5. The molecule has 0 radical (unpaired) electrons. The first-order chi connectivity index (χ1) is 17.0. The second-order valence-electron chi connectivity index (χ2n) is 8.42. The fourth-order valence-electron chi connectivity index (χ4n) is 3.79. The third-order valence-electron chi connectivity index (χ3n) is 5.86. The lowest BCUT2D eigenvalue weighted by Crippen LogP contribution is -2.32. The first-order valence-corrected chi connectivity index (χ1v) is 11.6. The van der Waals surface area contributed by atoms with Crippen molar-refractivity contribution < 1.29 is 28.2 Å². The van der Waals surface area contributed by atoms with E-state index >= 15 is 0 Å². The number of oxazole rings is 1. The van der Waals surface area contributed by atoms with Crippen molar-refractivity contribution in [3.8, 4) is 23.0 Å². The first kappa shape index (κ1) is 24.4. The van der Waals surface area contributed by atoms with Crippen LogP contribution in [-0.4, -0.2) is 42.8 Å². The van der Waals surface area contributed by atoms with Gasteiger partial charge in [-0.05, 0) is 49.2 Å². The molecule has 1 aromatic heterocycles. The summed E-state index contributed by atoms with van der Waals surface area (Å²) in [6, 6.07) is 11.6. The van der Waals surface area contributed by atoms with Crippen LogP contribution in [0.4, 0.5) is 0 Å². The summed E-state index contributed by atoms with van der Waals surface area (Å²) < 4.78 is 27.6. The Balaban J connectivity index is 1.56. The number of nitrogens with zero attached hydrogens (tertiary/aromatic N) is 2. The van der Waals surface area contributed by atoms with E-state index in [2.05, 4.69) is 15.2 Å². The summed E-state index contributed by atoms with van der Waals surface area (Å²) in [5.74, 6) is 3.15. The van der Waals surface area contributed by atoms with Gasteiger partial charge in [0, 0.05) is 24.7 Å². The highest BCUT2D eigenvalue weighted by atomic mass is 16.7. The highest BCUT2D eigenvalue weighted by Gasteiger charge is 2.20. The Labute approximate surface area is 204 Å². The number of hydrogen-bond acceptors (Lipinski definition) is 8. The third-order valence-corrected chi connectivity index (χ3v) is 5.86. The number of aromatic nitrogens is 1. The van der Waals surface area contributed by atoms with Crippen LogP contribution in [0.1, 0.15) is 47.8 Å². The fourth-order valence-corrected chi connectivity index (χ4v) is 3.79. The smallest absolute Gasteiger partial charge is 0.273 e. The predicted molar refractivity (Wildman–Crippen MR) is 129 cm³/mol. The van der Waals surface area contributed by atoms with Gasteiger partial charge in [0.1, 0.15) is 17.8 Å². The molecule has 0 bridgehead atoms. The van der Waals surface area contributed by atoms with Crippen molar-refractivity contribution in [1.82, 2.24) is 15.2 Å². The molecule has 1 amide bonds. The van der Waals surface area contributed by atoms with E-state index in [9.17, 15) is 4.79 Å². The number of rotatable bonds is 11. The largest absolute Gasteiger partial charge is 0.497 e. The molecule has 186 valence electrons. The number of fused-ring (bicyclic) bond motifs is 1. The summed E-state index contributed by atoms with van der Waals surface area (Å²) in [5, 5.41) is 2.91. The Bertz CT molecular complexity index is 1160. The molecule has 0 fully saturated rings. The Hall–Kier alpha value is -3.72. The molecule has 0 aliphatic carbocycles. The van der Waals surface area contributed by atoms with E-state index in [0.717, 1.165) is 40.5 Å². The summed E-state index contributed by atoms with van der Waals surface area (Å²) in [6.45, 7) is 5.68. The van der Waals surface area contributed by atoms with E-state index in [1.807, 2.05) is 50.2 Å². The van der Waals surface area contributed by atoms with Gasteiger partial charge in [-0.2, -0.15) is 0 Å². The summed E-state index contributed by atoms with van der Waals surface area (Å²) in [5.41, 5.74) is 2.26. The third kappa shape index (κ3) is 6.05. The molecule has 0 saturated carbocycles. The maximum Gasteiger partial charge on any atom is 0.273 e.